The fourth-order valence-corrected chi connectivity index (χ4v) is 3.38. The van der Waals surface area contributed by atoms with E-state index < -0.39 is 0 Å². The minimum Gasteiger partial charge on any atom is -0.487 e. The average molecular weight is 369 g/mol. The van der Waals surface area contributed by atoms with Gasteiger partial charge in [-0.2, -0.15) is 0 Å². The second-order valence-corrected chi connectivity index (χ2v) is 6.75. The molecule has 8 nitrogen and oxygen atoms in total. The maximum absolute atomic E-state index is 12.4. The average Bonchev–Trinajstić information content (AvgIpc) is 3.00. The lowest BCUT2D eigenvalue weighted by Crippen LogP contribution is -2.45. The van der Waals surface area contributed by atoms with Gasteiger partial charge in [0.15, 0.2) is 0 Å². The van der Waals surface area contributed by atoms with Crippen molar-refractivity contribution in [3.63, 3.8) is 0 Å². The molecule has 0 aromatic carbocycles. The van der Waals surface area contributed by atoms with E-state index in [1.165, 1.54) is 11.8 Å². The molecule has 0 bridgehead atoms. The highest BCUT2D eigenvalue weighted by molar-refractivity contribution is 7.99. The van der Waals surface area contributed by atoms with Gasteiger partial charge in [-0.3, -0.25) is 9.78 Å². The summed E-state index contributed by atoms with van der Waals surface area (Å²) in [5.74, 6) is 0.958. The lowest BCUT2D eigenvalue weighted by molar-refractivity contribution is -0.130. The summed E-state index contributed by atoms with van der Waals surface area (Å²) in [6.45, 7) is 1.29. The third-order valence-electron chi connectivity index (χ3n) is 3.67. The summed E-state index contributed by atoms with van der Waals surface area (Å²) in [5, 5.41) is 12.3. The highest BCUT2D eigenvalue weighted by Gasteiger charge is 2.25. The molecule has 24 heavy (non-hydrogen) atoms. The number of nitrogens with zero attached hydrogens (tertiary/aromatic N) is 6. The van der Waals surface area contributed by atoms with Crippen molar-refractivity contribution in [2.75, 3.05) is 18.8 Å². The van der Waals surface area contributed by atoms with Crippen LogP contribution in [0, 0.1) is 0 Å². The zero-order valence-electron chi connectivity index (χ0n) is 13.1. The smallest absolute Gasteiger partial charge is 0.233 e. The van der Waals surface area contributed by atoms with Gasteiger partial charge in [-0.25, -0.2) is 4.68 Å². The first-order valence-corrected chi connectivity index (χ1v) is 8.89. The molecule has 1 fully saturated rings. The van der Waals surface area contributed by atoms with E-state index in [0.717, 1.165) is 19.4 Å². The molecule has 1 amide bonds. The van der Waals surface area contributed by atoms with Crippen molar-refractivity contribution < 1.29 is 9.53 Å². The zero-order valence-corrected chi connectivity index (χ0v) is 14.7. The first-order chi connectivity index (χ1) is 11.6. The Labute approximate surface area is 148 Å². The number of thioether (sulfide) groups is 1. The van der Waals surface area contributed by atoms with Gasteiger partial charge in [-0.05, 0) is 23.3 Å². The first kappa shape index (κ1) is 17.0. The van der Waals surface area contributed by atoms with Gasteiger partial charge in [-0.1, -0.05) is 23.4 Å². The molecule has 0 spiro atoms. The summed E-state index contributed by atoms with van der Waals surface area (Å²) >= 11 is 7.40. The van der Waals surface area contributed by atoms with E-state index >= 15 is 0 Å². The Hall–Kier alpha value is -1.87. The van der Waals surface area contributed by atoms with Crippen LogP contribution in [0.2, 0.25) is 5.02 Å². The van der Waals surface area contributed by atoms with Gasteiger partial charge in [0.2, 0.25) is 11.1 Å². The maximum atomic E-state index is 12.4. The van der Waals surface area contributed by atoms with Crippen molar-refractivity contribution in [1.82, 2.24) is 30.1 Å². The fraction of sp³-hybridized carbons (Fsp3) is 0.500. The SMILES string of the molecule is Cn1nnnc1SCC(=O)N1CCCC(Oc2ccncc2Cl)C1. The van der Waals surface area contributed by atoms with Crippen LogP contribution in [0.4, 0.5) is 0 Å². The molecule has 3 rings (SSSR count). The van der Waals surface area contributed by atoms with Crippen LogP contribution < -0.4 is 4.74 Å². The Morgan fingerprint density at radius 1 is 1.54 bits per heavy atom. The van der Waals surface area contributed by atoms with E-state index in [0.29, 0.717) is 28.2 Å². The van der Waals surface area contributed by atoms with Crippen LogP contribution in [-0.2, 0) is 11.8 Å². The standard InChI is InChI=1S/C14H17ClN6O2S/c1-20-14(17-18-19-20)24-9-13(22)21-6-2-3-10(8-21)23-12-4-5-16-7-11(12)15/h4-5,7,10H,2-3,6,8-9H2,1H3. The van der Waals surface area contributed by atoms with Gasteiger partial charge in [0, 0.05) is 32.1 Å². The van der Waals surface area contributed by atoms with Crippen molar-refractivity contribution >= 4 is 29.3 Å². The number of carbonyl (C=O) groups is 1. The Kier molecular flexibility index (Phi) is 5.52. The summed E-state index contributed by atoms with van der Waals surface area (Å²) < 4.78 is 7.47. The van der Waals surface area contributed by atoms with E-state index in [2.05, 4.69) is 20.5 Å². The zero-order chi connectivity index (χ0) is 16.9. The second-order valence-electron chi connectivity index (χ2n) is 5.40. The van der Waals surface area contributed by atoms with Crippen LogP contribution in [0.1, 0.15) is 12.8 Å². The molecule has 3 heterocycles. The molecule has 0 aliphatic carbocycles. The van der Waals surface area contributed by atoms with E-state index in [-0.39, 0.29) is 12.0 Å². The predicted octanol–water partition coefficient (Wildman–Crippen LogP) is 1.42. The fourth-order valence-electron chi connectivity index (χ4n) is 2.46. The van der Waals surface area contributed by atoms with E-state index in [1.807, 2.05) is 4.90 Å². The molecule has 1 aliphatic rings. The van der Waals surface area contributed by atoms with Gasteiger partial charge in [-0.15, -0.1) is 5.10 Å². The number of pyridine rings is 1. The third kappa shape index (κ3) is 4.15. The molecule has 10 heteroatoms. The van der Waals surface area contributed by atoms with Crippen LogP contribution >= 0.6 is 23.4 Å². The molecule has 2 aromatic rings. The number of ether oxygens (including phenoxy) is 1. The number of rotatable bonds is 5. The number of hydrogen-bond acceptors (Lipinski definition) is 7. The normalized spacial score (nSPS) is 17.8. The van der Waals surface area contributed by atoms with Crippen molar-refractivity contribution in [3.8, 4) is 5.75 Å². The molecular formula is C14H17ClN6O2S. The summed E-state index contributed by atoms with van der Waals surface area (Å²) in [6, 6.07) is 1.74. The summed E-state index contributed by atoms with van der Waals surface area (Å²) in [6.07, 6.45) is 4.91. The maximum Gasteiger partial charge on any atom is 0.233 e. The topological polar surface area (TPSA) is 86.0 Å². The van der Waals surface area contributed by atoms with Gasteiger partial charge in [0.1, 0.15) is 16.9 Å². The molecule has 0 saturated carbocycles. The van der Waals surface area contributed by atoms with Crippen molar-refractivity contribution in [2.24, 2.45) is 7.05 Å². The number of likely N-dealkylation sites (tertiary alicyclic amines) is 1. The minimum absolute atomic E-state index is 0.0529. The number of aromatic nitrogens is 5. The van der Waals surface area contributed by atoms with Crippen molar-refractivity contribution in [3.05, 3.63) is 23.5 Å². The van der Waals surface area contributed by atoms with E-state index in [4.69, 9.17) is 16.3 Å². The van der Waals surface area contributed by atoms with Gasteiger partial charge in [0.25, 0.3) is 0 Å². The highest BCUT2D eigenvalue weighted by Crippen LogP contribution is 2.26. The number of halogens is 1. The molecule has 128 valence electrons. The molecule has 1 saturated heterocycles. The monoisotopic (exact) mass is 368 g/mol. The lowest BCUT2D eigenvalue weighted by Gasteiger charge is -2.33. The molecule has 0 radical (unpaired) electrons. The molecule has 1 aliphatic heterocycles. The van der Waals surface area contributed by atoms with Crippen LogP contribution in [0.15, 0.2) is 23.6 Å². The van der Waals surface area contributed by atoms with Gasteiger partial charge < -0.3 is 9.64 Å². The van der Waals surface area contributed by atoms with Crippen LogP contribution in [0.5, 0.6) is 5.75 Å². The highest BCUT2D eigenvalue weighted by atomic mass is 35.5. The first-order valence-electron chi connectivity index (χ1n) is 7.52. The number of aryl methyl sites for hydroxylation is 1. The third-order valence-corrected chi connectivity index (χ3v) is 4.94. The lowest BCUT2D eigenvalue weighted by atomic mass is 10.1. The van der Waals surface area contributed by atoms with Crippen molar-refractivity contribution in [2.45, 2.75) is 24.1 Å². The Morgan fingerprint density at radius 2 is 2.42 bits per heavy atom. The number of tetrazole rings is 1. The van der Waals surface area contributed by atoms with Crippen LogP contribution in [-0.4, -0.2) is 60.9 Å². The molecule has 1 unspecified atom stereocenters. The number of amides is 1. The van der Waals surface area contributed by atoms with Crippen LogP contribution in [0.3, 0.4) is 0 Å². The Bertz CT molecular complexity index is 712. The van der Waals surface area contributed by atoms with Gasteiger partial charge in [0.05, 0.1) is 12.3 Å². The Balaban J connectivity index is 1.54. The summed E-state index contributed by atoms with van der Waals surface area (Å²) in [4.78, 5) is 18.2. The summed E-state index contributed by atoms with van der Waals surface area (Å²) in [7, 11) is 1.75. The molecule has 0 N–H and O–H groups in total. The minimum atomic E-state index is -0.0657. The number of carbonyl (C=O) groups excluding carboxylic acids is 1. The molecular weight excluding hydrogens is 352 g/mol. The Morgan fingerprint density at radius 3 is 3.17 bits per heavy atom. The number of piperidine rings is 1. The quantitative estimate of drug-likeness (QED) is 0.737. The van der Waals surface area contributed by atoms with Crippen molar-refractivity contribution in [1.29, 1.82) is 0 Å². The molecule has 1 atom stereocenters. The van der Waals surface area contributed by atoms with E-state index in [9.17, 15) is 4.79 Å². The number of hydrogen-bond donors (Lipinski definition) is 0. The van der Waals surface area contributed by atoms with E-state index in [1.54, 1.807) is 30.2 Å². The largest absolute Gasteiger partial charge is 0.487 e. The van der Waals surface area contributed by atoms with Crippen LogP contribution in [0.25, 0.3) is 0 Å². The molecule has 2 aromatic heterocycles. The summed E-state index contributed by atoms with van der Waals surface area (Å²) in [5.41, 5.74) is 0. The van der Waals surface area contributed by atoms with Gasteiger partial charge >= 0.3 is 0 Å². The predicted molar refractivity (Wildman–Crippen MR) is 89.0 cm³/mol. The second kappa shape index (κ2) is 7.80.